The number of nitrogens with zero attached hydrogens (tertiary/aromatic N) is 3. The highest BCUT2D eigenvalue weighted by molar-refractivity contribution is 7.80. The standard InChI is InChI=1S/C22H20Cl2N6O2S/c1-12-7-13(2)27-21(26-12)29-20(25-10-14-3-6-18-19(8-14)32-11-31-18)30-22(33)28-17-5-4-15(23)9-16(17)24/h3-9H,10-11H2,1-2H3,(H3,25,26,27,28,29,30,33). The first-order valence-corrected chi connectivity index (χ1v) is 11.1. The topological polar surface area (TPSA) is 92.7 Å². The maximum Gasteiger partial charge on any atom is 0.231 e. The van der Waals surface area contributed by atoms with Gasteiger partial charge in [-0.2, -0.15) is 0 Å². The van der Waals surface area contributed by atoms with E-state index in [0.29, 0.717) is 45.7 Å². The smallest absolute Gasteiger partial charge is 0.231 e. The molecule has 0 saturated carbocycles. The molecule has 0 saturated heterocycles. The number of hydrogen-bond acceptors (Lipinski definition) is 6. The van der Waals surface area contributed by atoms with Crippen LogP contribution in [0.1, 0.15) is 17.0 Å². The van der Waals surface area contributed by atoms with Gasteiger partial charge in [0.1, 0.15) is 0 Å². The second-order valence-electron chi connectivity index (χ2n) is 7.16. The number of thiocarbonyl (C=S) groups is 1. The number of guanidine groups is 1. The van der Waals surface area contributed by atoms with Crippen LogP contribution in [0.2, 0.25) is 10.0 Å². The molecule has 2 heterocycles. The van der Waals surface area contributed by atoms with E-state index in [1.54, 1.807) is 18.2 Å². The van der Waals surface area contributed by atoms with Crippen molar-refractivity contribution >= 4 is 58.1 Å². The molecule has 3 aromatic rings. The Morgan fingerprint density at radius 3 is 2.52 bits per heavy atom. The van der Waals surface area contributed by atoms with Crippen LogP contribution in [-0.2, 0) is 6.54 Å². The Hall–Kier alpha value is -3.14. The fraction of sp³-hybridized carbons (Fsp3) is 0.182. The number of ether oxygens (including phenoxy) is 2. The van der Waals surface area contributed by atoms with E-state index in [0.717, 1.165) is 17.0 Å². The molecule has 1 aliphatic heterocycles. The molecule has 0 amide bonds. The summed E-state index contributed by atoms with van der Waals surface area (Å²) in [6.07, 6.45) is 0. The molecule has 1 aromatic heterocycles. The lowest BCUT2D eigenvalue weighted by Gasteiger charge is -2.15. The largest absolute Gasteiger partial charge is 0.454 e. The normalized spacial score (nSPS) is 12.4. The summed E-state index contributed by atoms with van der Waals surface area (Å²) >= 11 is 17.7. The molecular weight excluding hydrogens is 483 g/mol. The molecule has 33 heavy (non-hydrogen) atoms. The fourth-order valence-electron chi connectivity index (χ4n) is 3.06. The van der Waals surface area contributed by atoms with Gasteiger partial charge in [0.15, 0.2) is 16.6 Å². The van der Waals surface area contributed by atoms with Crippen LogP contribution in [-0.4, -0.2) is 27.8 Å². The Morgan fingerprint density at radius 1 is 1.00 bits per heavy atom. The number of anilines is 2. The van der Waals surface area contributed by atoms with Crippen molar-refractivity contribution in [2.24, 2.45) is 4.99 Å². The summed E-state index contributed by atoms with van der Waals surface area (Å²) < 4.78 is 10.8. The van der Waals surface area contributed by atoms with E-state index < -0.39 is 0 Å². The third-order valence-electron chi connectivity index (χ3n) is 4.48. The predicted octanol–water partition coefficient (Wildman–Crippen LogP) is 5.08. The van der Waals surface area contributed by atoms with Gasteiger partial charge in [-0.05, 0) is 68.0 Å². The molecule has 0 bridgehead atoms. The van der Waals surface area contributed by atoms with Crippen LogP contribution >= 0.6 is 35.4 Å². The Bertz CT molecular complexity index is 1220. The zero-order chi connectivity index (χ0) is 23.4. The summed E-state index contributed by atoms with van der Waals surface area (Å²) in [6.45, 7) is 4.35. The van der Waals surface area contributed by atoms with E-state index >= 15 is 0 Å². The number of fused-ring (bicyclic) bond motifs is 1. The quantitative estimate of drug-likeness (QED) is 0.258. The predicted molar refractivity (Wildman–Crippen MR) is 135 cm³/mol. The first-order valence-electron chi connectivity index (χ1n) is 9.91. The van der Waals surface area contributed by atoms with Gasteiger partial charge in [-0.25, -0.2) is 15.0 Å². The van der Waals surface area contributed by atoms with Crippen molar-refractivity contribution in [3.63, 3.8) is 0 Å². The van der Waals surface area contributed by atoms with Gasteiger partial charge in [0, 0.05) is 16.4 Å². The number of aryl methyl sites for hydroxylation is 2. The molecule has 8 nitrogen and oxygen atoms in total. The maximum absolute atomic E-state index is 6.24. The summed E-state index contributed by atoms with van der Waals surface area (Å²) in [4.78, 5) is 13.5. The molecule has 4 rings (SSSR count). The van der Waals surface area contributed by atoms with Crippen molar-refractivity contribution in [3.05, 3.63) is 69.5 Å². The fourth-order valence-corrected chi connectivity index (χ4v) is 3.72. The van der Waals surface area contributed by atoms with E-state index in [1.807, 2.05) is 38.1 Å². The van der Waals surface area contributed by atoms with E-state index in [-0.39, 0.29) is 11.9 Å². The lowest BCUT2D eigenvalue weighted by molar-refractivity contribution is 0.174. The van der Waals surface area contributed by atoms with E-state index in [2.05, 4.69) is 30.9 Å². The van der Waals surface area contributed by atoms with Gasteiger partial charge in [0.2, 0.25) is 18.7 Å². The minimum Gasteiger partial charge on any atom is -0.454 e. The average molecular weight is 503 g/mol. The van der Waals surface area contributed by atoms with E-state index in [4.69, 9.17) is 44.9 Å². The number of halogens is 2. The first kappa shape index (κ1) is 23.0. The number of benzene rings is 2. The van der Waals surface area contributed by atoms with Gasteiger partial charge in [0.25, 0.3) is 0 Å². The molecular formula is C22H20Cl2N6O2S. The average Bonchev–Trinajstić information content (AvgIpc) is 3.21. The zero-order valence-electron chi connectivity index (χ0n) is 17.8. The third-order valence-corrected chi connectivity index (χ3v) is 5.23. The van der Waals surface area contributed by atoms with Gasteiger partial charge >= 0.3 is 0 Å². The van der Waals surface area contributed by atoms with Gasteiger partial charge < -0.3 is 20.1 Å². The molecule has 0 spiro atoms. The van der Waals surface area contributed by atoms with Crippen LogP contribution in [0.25, 0.3) is 0 Å². The van der Waals surface area contributed by atoms with Gasteiger partial charge in [-0.3, -0.25) is 5.32 Å². The molecule has 2 aromatic carbocycles. The maximum atomic E-state index is 6.24. The van der Waals surface area contributed by atoms with Gasteiger partial charge in [0.05, 0.1) is 17.3 Å². The van der Waals surface area contributed by atoms with Crippen molar-refractivity contribution in [2.45, 2.75) is 20.4 Å². The van der Waals surface area contributed by atoms with Crippen LogP contribution in [0.5, 0.6) is 11.5 Å². The molecule has 3 N–H and O–H groups in total. The first-order chi connectivity index (χ1) is 15.9. The van der Waals surface area contributed by atoms with Crippen LogP contribution < -0.4 is 25.4 Å². The highest BCUT2D eigenvalue weighted by atomic mass is 35.5. The number of rotatable bonds is 4. The molecule has 0 fully saturated rings. The summed E-state index contributed by atoms with van der Waals surface area (Å²) in [5, 5.41) is 10.4. The molecule has 0 atom stereocenters. The molecule has 0 radical (unpaired) electrons. The van der Waals surface area contributed by atoms with Gasteiger partial charge in [-0.1, -0.05) is 29.3 Å². The summed E-state index contributed by atoms with van der Waals surface area (Å²) in [5.74, 6) is 2.17. The zero-order valence-corrected chi connectivity index (χ0v) is 20.1. The lowest BCUT2D eigenvalue weighted by Crippen LogP contribution is -2.39. The molecule has 1 aliphatic rings. The molecule has 11 heteroatoms. The van der Waals surface area contributed by atoms with Crippen LogP contribution in [0.4, 0.5) is 11.6 Å². The monoisotopic (exact) mass is 502 g/mol. The number of nitrogens with one attached hydrogen (secondary N) is 3. The van der Waals surface area contributed by atoms with E-state index in [9.17, 15) is 0 Å². The van der Waals surface area contributed by atoms with Crippen LogP contribution in [0.15, 0.2) is 47.5 Å². The van der Waals surface area contributed by atoms with E-state index in [1.165, 1.54) is 0 Å². The van der Waals surface area contributed by atoms with Crippen LogP contribution in [0.3, 0.4) is 0 Å². The molecule has 170 valence electrons. The summed E-state index contributed by atoms with van der Waals surface area (Å²) in [6, 6.07) is 12.6. The minimum atomic E-state index is 0.216. The molecule has 0 unspecified atom stereocenters. The number of aliphatic imine (C=N–C) groups is 1. The van der Waals surface area contributed by atoms with Crippen molar-refractivity contribution in [1.29, 1.82) is 0 Å². The van der Waals surface area contributed by atoms with Crippen molar-refractivity contribution in [1.82, 2.24) is 15.3 Å². The van der Waals surface area contributed by atoms with Crippen molar-refractivity contribution in [2.75, 3.05) is 17.4 Å². The van der Waals surface area contributed by atoms with Crippen LogP contribution in [0, 0.1) is 13.8 Å². The summed E-state index contributed by atoms with van der Waals surface area (Å²) in [7, 11) is 0. The Balaban J connectivity index is 1.53. The van der Waals surface area contributed by atoms with Crippen molar-refractivity contribution < 1.29 is 9.47 Å². The van der Waals surface area contributed by atoms with Crippen molar-refractivity contribution in [3.8, 4) is 11.5 Å². The number of aromatic nitrogens is 2. The lowest BCUT2D eigenvalue weighted by atomic mass is 10.2. The Morgan fingerprint density at radius 2 is 1.76 bits per heavy atom. The minimum absolute atomic E-state index is 0.216. The third kappa shape index (κ3) is 6.22. The highest BCUT2D eigenvalue weighted by Crippen LogP contribution is 2.32. The highest BCUT2D eigenvalue weighted by Gasteiger charge is 2.14. The second kappa shape index (κ2) is 10.2. The summed E-state index contributed by atoms with van der Waals surface area (Å²) in [5.41, 5.74) is 3.19. The van der Waals surface area contributed by atoms with Gasteiger partial charge in [-0.15, -0.1) is 0 Å². The molecule has 0 aliphatic carbocycles. The number of hydrogen-bond donors (Lipinski definition) is 3. The SMILES string of the molecule is Cc1cc(C)nc(NC(=NCc2ccc3c(c2)OCO3)NC(=S)Nc2ccc(Cl)cc2Cl)n1. The Labute approximate surface area is 206 Å². The second-order valence-corrected chi connectivity index (χ2v) is 8.41. The Kier molecular flexibility index (Phi) is 7.12.